The summed E-state index contributed by atoms with van der Waals surface area (Å²) in [7, 11) is 0. The molecule has 1 aromatic heterocycles. The van der Waals surface area contributed by atoms with Crippen LogP contribution in [-0.4, -0.2) is 16.1 Å². The molecule has 0 unspecified atom stereocenters. The van der Waals surface area contributed by atoms with Crippen molar-refractivity contribution < 1.29 is 9.21 Å². The van der Waals surface area contributed by atoms with Crippen molar-refractivity contribution in [2.75, 3.05) is 5.32 Å². The lowest BCUT2D eigenvalue weighted by atomic mass is 9.90. The first kappa shape index (κ1) is 18.4. The molecule has 3 aromatic rings. The first-order valence-corrected chi connectivity index (χ1v) is 9.82. The number of anilines is 1. The van der Waals surface area contributed by atoms with E-state index in [4.69, 9.17) is 4.42 Å². The van der Waals surface area contributed by atoms with E-state index in [9.17, 15) is 4.79 Å². The molecule has 0 fully saturated rings. The maximum Gasteiger partial charge on any atom is 0.322 e. The molecule has 1 aliphatic carbocycles. The fourth-order valence-corrected chi connectivity index (χ4v) is 4.07. The zero-order valence-corrected chi connectivity index (χ0v) is 16.6. The Labute approximate surface area is 165 Å². The molecule has 0 bridgehead atoms. The van der Waals surface area contributed by atoms with Gasteiger partial charge in [0, 0.05) is 5.56 Å². The minimum Gasteiger partial charge on any atom is -0.403 e. The van der Waals surface area contributed by atoms with E-state index in [0.717, 1.165) is 35.1 Å². The lowest BCUT2D eigenvalue weighted by Gasteiger charge is -2.15. The molecule has 1 amide bonds. The van der Waals surface area contributed by atoms with Crippen molar-refractivity contribution in [3.63, 3.8) is 0 Å². The third-order valence-electron chi connectivity index (χ3n) is 5.44. The lowest BCUT2D eigenvalue weighted by molar-refractivity contribution is -0.115. The number of rotatable bonds is 4. The maximum absolute atomic E-state index is 12.5. The van der Waals surface area contributed by atoms with Gasteiger partial charge < -0.3 is 4.42 Å². The Morgan fingerprint density at radius 2 is 1.71 bits per heavy atom. The van der Waals surface area contributed by atoms with Crippen molar-refractivity contribution in [2.24, 2.45) is 0 Å². The maximum atomic E-state index is 12.5. The van der Waals surface area contributed by atoms with E-state index in [1.807, 2.05) is 19.9 Å². The number of nitrogens with one attached hydrogen (secondary N) is 1. The van der Waals surface area contributed by atoms with Crippen molar-refractivity contribution in [1.82, 2.24) is 10.2 Å². The second-order valence-electron chi connectivity index (χ2n) is 7.71. The highest BCUT2D eigenvalue weighted by Crippen LogP contribution is 2.27. The average Bonchev–Trinajstić information content (AvgIpc) is 3.12. The van der Waals surface area contributed by atoms with Crippen LogP contribution in [0.1, 0.15) is 46.2 Å². The molecule has 1 heterocycles. The number of aromatic nitrogens is 2. The second-order valence-corrected chi connectivity index (χ2v) is 7.71. The molecule has 144 valence electrons. The molecule has 0 radical (unpaired) electrons. The first-order chi connectivity index (χ1) is 13.5. The summed E-state index contributed by atoms with van der Waals surface area (Å²) in [6, 6.07) is 10.6. The van der Waals surface area contributed by atoms with Crippen LogP contribution < -0.4 is 5.32 Å². The van der Waals surface area contributed by atoms with Gasteiger partial charge in [-0.05, 0) is 86.4 Å². The van der Waals surface area contributed by atoms with Crippen LogP contribution in [0.25, 0.3) is 11.5 Å². The Hall–Kier alpha value is -2.95. The van der Waals surface area contributed by atoms with Gasteiger partial charge in [-0.1, -0.05) is 28.9 Å². The van der Waals surface area contributed by atoms with Crippen LogP contribution in [0, 0.1) is 20.8 Å². The van der Waals surface area contributed by atoms with Crippen LogP contribution in [0.15, 0.2) is 34.7 Å². The molecule has 0 saturated carbocycles. The molecule has 1 N–H and O–H groups in total. The van der Waals surface area contributed by atoms with E-state index in [2.05, 4.69) is 46.7 Å². The Balaban J connectivity index is 1.47. The number of benzene rings is 2. The molecule has 1 aliphatic rings. The van der Waals surface area contributed by atoms with E-state index >= 15 is 0 Å². The van der Waals surface area contributed by atoms with Crippen LogP contribution in [0.5, 0.6) is 0 Å². The number of hydrogen-bond acceptors (Lipinski definition) is 4. The van der Waals surface area contributed by atoms with E-state index in [1.165, 1.54) is 29.5 Å². The molecule has 0 aliphatic heterocycles. The quantitative estimate of drug-likeness (QED) is 0.716. The van der Waals surface area contributed by atoms with Gasteiger partial charge in [-0.2, -0.15) is 0 Å². The Morgan fingerprint density at radius 3 is 2.46 bits per heavy atom. The highest BCUT2D eigenvalue weighted by molar-refractivity contribution is 5.90. The molecule has 0 spiro atoms. The van der Waals surface area contributed by atoms with E-state index < -0.39 is 0 Å². The smallest absolute Gasteiger partial charge is 0.322 e. The van der Waals surface area contributed by atoms with E-state index in [1.54, 1.807) is 0 Å². The number of carbonyl (C=O) groups excluding carboxylic acids is 1. The predicted molar refractivity (Wildman–Crippen MR) is 109 cm³/mol. The number of nitrogens with zero attached hydrogens (tertiary/aromatic N) is 2. The van der Waals surface area contributed by atoms with E-state index in [0.29, 0.717) is 5.89 Å². The highest BCUT2D eigenvalue weighted by Gasteiger charge is 2.16. The van der Waals surface area contributed by atoms with Crippen LogP contribution in [0.2, 0.25) is 0 Å². The van der Waals surface area contributed by atoms with E-state index in [-0.39, 0.29) is 18.3 Å². The third-order valence-corrected chi connectivity index (χ3v) is 5.44. The molecule has 0 saturated heterocycles. The summed E-state index contributed by atoms with van der Waals surface area (Å²) in [5.74, 6) is 0.280. The van der Waals surface area contributed by atoms with Crippen molar-refractivity contribution in [1.29, 1.82) is 0 Å². The molecular formula is C23H25N3O2. The molecule has 4 rings (SSSR count). The zero-order chi connectivity index (χ0) is 19.7. The normalized spacial score (nSPS) is 13.2. The molecule has 0 atom stereocenters. The predicted octanol–water partition coefficient (Wildman–Crippen LogP) is 4.72. The Bertz CT molecular complexity index is 1010. The summed E-state index contributed by atoms with van der Waals surface area (Å²) in [5, 5.41) is 10.8. The Morgan fingerprint density at radius 1 is 1.00 bits per heavy atom. The molecule has 5 heteroatoms. The van der Waals surface area contributed by atoms with Crippen LogP contribution in [0.3, 0.4) is 0 Å². The molecule has 2 aromatic carbocycles. The zero-order valence-electron chi connectivity index (χ0n) is 16.6. The Kier molecular flexibility index (Phi) is 4.99. The van der Waals surface area contributed by atoms with Crippen molar-refractivity contribution in [3.05, 3.63) is 63.7 Å². The monoisotopic (exact) mass is 375 g/mol. The van der Waals surface area contributed by atoms with Gasteiger partial charge in [-0.15, -0.1) is 5.10 Å². The minimum absolute atomic E-state index is 0.139. The number of hydrogen-bond donors (Lipinski definition) is 1. The fourth-order valence-electron chi connectivity index (χ4n) is 4.07. The minimum atomic E-state index is -0.157. The molecular weight excluding hydrogens is 350 g/mol. The summed E-state index contributed by atoms with van der Waals surface area (Å²) in [5.41, 5.74) is 8.15. The second kappa shape index (κ2) is 7.58. The SMILES string of the molecule is Cc1cc(C)c(CC(=O)Nc2nnc(-c3ccc4c(c3)CCCC4)o2)c(C)c1. The van der Waals surface area contributed by atoms with Gasteiger partial charge in [-0.3, -0.25) is 10.1 Å². The van der Waals surface area contributed by atoms with Crippen molar-refractivity contribution in [2.45, 2.75) is 52.9 Å². The van der Waals surface area contributed by atoms with Gasteiger partial charge in [0.2, 0.25) is 11.8 Å². The third kappa shape index (κ3) is 3.84. The van der Waals surface area contributed by atoms with Gasteiger partial charge in [0.1, 0.15) is 0 Å². The summed E-state index contributed by atoms with van der Waals surface area (Å²) in [6.45, 7) is 6.12. The van der Waals surface area contributed by atoms with Crippen LogP contribution in [0.4, 0.5) is 6.01 Å². The summed E-state index contributed by atoms with van der Waals surface area (Å²) in [6.07, 6.45) is 4.99. The molecule has 5 nitrogen and oxygen atoms in total. The van der Waals surface area contributed by atoms with Gasteiger partial charge in [0.05, 0.1) is 6.42 Å². The average molecular weight is 375 g/mol. The summed E-state index contributed by atoms with van der Waals surface area (Å²) >= 11 is 0. The summed E-state index contributed by atoms with van der Waals surface area (Å²) in [4.78, 5) is 12.5. The van der Waals surface area contributed by atoms with Crippen LogP contribution in [-0.2, 0) is 24.1 Å². The highest BCUT2D eigenvalue weighted by atomic mass is 16.4. The molecule has 28 heavy (non-hydrogen) atoms. The number of amides is 1. The van der Waals surface area contributed by atoms with Gasteiger partial charge in [0.25, 0.3) is 0 Å². The van der Waals surface area contributed by atoms with Crippen molar-refractivity contribution in [3.8, 4) is 11.5 Å². The van der Waals surface area contributed by atoms with Gasteiger partial charge in [-0.25, -0.2) is 0 Å². The van der Waals surface area contributed by atoms with Crippen LogP contribution >= 0.6 is 0 Å². The number of fused-ring (bicyclic) bond motifs is 1. The number of aryl methyl sites for hydroxylation is 5. The largest absolute Gasteiger partial charge is 0.403 e. The number of carbonyl (C=O) groups is 1. The fraction of sp³-hybridized carbons (Fsp3) is 0.348. The standard InChI is InChI=1S/C23H25N3O2/c1-14-10-15(2)20(16(3)11-14)13-21(27)24-23-26-25-22(28-23)19-9-8-17-6-4-5-7-18(17)12-19/h8-12H,4-7,13H2,1-3H3,(H,24,26,27). The first-order valence-electron chi connectivity index (χ1n) is 9.82. The summed E-state index contributed by atoms with van der Waals surface area (Å²) < 4.78 is 5.69. The van der Waals surface area contributed by atoms with Gasteiger partial charge in [0.15, 0.2) is 0 Å². The van der Waals surface area contributed by atoms with Gasteiger partial charge >= 0.3 is 6.01 Å². The topological polar surface area (TPSA) is 68.0 Å². The van der Waals surface area contributed by atoms with Crippen molar-refractivity contribution >= 4 is 11.9 Å². The lowest BCUT2D eigenvalue weighted by Crippen LogP contribution is -2.16.